The molecule has 0 amide bonds. The number of likely N-dealkylation sites (tertiary alicyclic amines) is 1. The molecule has 0 radical (unpaired) electrons. The minimum absolute atomic E-state index is 0.0667. The van der Waals surface area contributed by atoms with Crippen molar-refractivity contribution < 1.29 is 14.6 Å². The normalized spacial score (nSPS) is 53.1. The summed E-state index contributed by atoms with van der Waals surface area (Å²) in [5.41, 5.74) is 3.45. The molecule has 0 unspecified atom stereocenters. The second-order valence-corrected chi connectivity index (χ2v) is 12.6. The summed E-state index contributed by atoms with van der Waals surface area (Å²) in [6.07, 6.45) is 9.27. The number of hydrogen-bond acceptors (Lipinski definition) is 4. The predicted octanol–water partition coefficient (Wildman–Crippen LogP) is 4.52. The highest BCUT2D eigenvalue weighted by Gasteiger charge is 2.63. The molecule has 2 saturated heterocycles. The van der Waals surface area contributed by atoms with Crippen molar-refractivity contribution in [3.8, 4) is 0 Å². The summed E-state index contributed by atoms with van der Waals surface area (Å²) in [4.78, 5) is 16.7. The van der Waals surface area contributed by atoms with Crippen molar-refractivity contribution in [2.24, 2.45) is 35.0 Å². The fourth-order valence-electron chi connectivity index (χ4n) is 9.53. The van der Waals surface area contributed by atoms with E-state index >= 15 is 0 Å². The lowest BCUT2D eigenvalue weighted by Crippen LogP contribution is -2.50. The number of aliphatic hydroxyl groups excluding tert-OH is 1. The Bertz CT molecular complexity index is 906. The van der Waals surface area contributed by atoms with Crippen LogP contribution in [0.25, 0.3) is 0 Å². The molecule has 0 aromatic carbocycles. The summed E-state index contributed by atoms with van der Waals surface area (Å²) < 4.78 is 7.02. The SMILES string of the molecule is CC1=C2C(=O)[C@H]3[C@@H](CC=C4C[C@@H](O)CC[C@@]43C)[C@@H]2CC[C@]12O[C@@H]1C[C@H](C)CN(C)[C@H]1[C@H]2C. The molecule has 6 rings (SSSR count). The molecule has 10 atom stereocenters. The van der Waals surface area contributed by atoms with Crippen molar-refractivity contribution in [2.45, 2.75) is 96.5 Å². The third kappa shape index (κ3) is 2.64. The number of ketones is 1. The molecule has 0 aromatic rings. The molecule has 4 heteroatoms. The lowest BCUT2D eigenvalue weighted by molar-refractivity contribution is -0.123. The molecule has 4 nitrogen and oxygen atoms in total. The van der Waals surface area contributed by atoms with Gasteiger partial charge in [-0.1, -0.05) is 32.4 Å². The number of hydrogen-bond donors (Lipinski definition) is 1. The molecule has 32 heavy (non-hydrogen) atoms. The quantitative estimate of drug-likeness (QED) is 0.564. The number of allylic oxidation sites excluding steroid dienone is 2. The van der Waals surface area contributed by atoms with E-state index in [-0.39, 0.29) is 29.1 Å². The first kappa shape index (κ1) is 21.6. The molecule has 4 fully saturated rings. The molecule has 0 aromatic heterocycles. The molecule has 176 valence electrons. The van der Waals surface area contributed by atoms with Gasteiger partial charge in [-0.2, -0.15) is 0 Å². The van der Waals surface area contributed by atoms with Crippen molar-refractivity contribution >= 4 is 5.78 Å². The number of fused-ring (bicyclic) bond motifs is 6. The zero-order valence-corrected chi connectivity index (χ0v) is 20.6. The second-order valence-electron chi connectivity index (χ2n) is 12.6. The third-order valence-corrected chi connectivity index (χ3v) is 11.0. The van der Waals surface area contributed by atoms with E-state index in [9.17, 15) is 9.90 Å². The molecule has 6 aliphatic rings. The molecule has 2 aliphatic heterocycles. The van der Waals surface area contributed by atoms with Crippen molar-refractivity contribution in [1.29, 1.82) is 0 Å². The second kappa shape index (κ2) is 7.02. The first-order chi connectivity index (χ1) is 15.2. The van der Waals surface area contributed by atoms with E-state index in [2.05, 4.69) is 45.7 Å². The van der Waals surface area contributed by atoms with Gasteiger partial charge in [0.2, 0.25) is 0 Å². The Hall–Kier alpha value is -0.970. The van der Waals surface area contributed by atoms with Crippen LogP contribution in [0.15, 0.2) is 22.8 Å². The first-order valence-electron chi connectivity index (χ1n) is 13.2. The van der Waals surface area contributed by atoms with Gasteiger partial charge in [0.15, 0.2) is 5.78 Å². The van der Waals surface area contributed by atoms with Crippen LogP contribution >= 0.6 is 0 Å². The smallest absolute Gasteiger partial charge is 0.163 e. The van der Waals surface area contributed by atoms with Crippen LogP contribution in [-0.4, -0.2) is 53.2 Å². The summed E-state index contributed by atoms with van der Waals surface area (Å²) in [6, 6.07) is 0.461. The number of rotatable bonds is 0. The number of piperidine rings is 1. The Morgan fingerprint density at radius 3 is 2.78 bits per heavy atom. The van der Waals surface area contributed by atoms with Gasteiger partial charge in [-0.25, -0.2) is 0 Å². The largest absolute Gasteiger partial charge is 0.393 e. The minimum Gasteiger partial charge on any atom is -0.393 e. The number of Topliss-reactive ketones (excluding diaryl/α,β-unsaturated/α-hetero) is 1. The van der Waals surface area contributed by atoms with E-state index in [1.807, 2.05) is 0 Å². The van der Waals surface area contributed by atoms with E-state index in [4.69, 9.17) is 4.74 Å². The molecule has 1 N–H and O–H groups in total. The van der Waals surface area contributed by atoms with Gasteiger partial charge in [-0.05, 0) is 87.7 Å². The van der Waals surface area contributed by atoms with Crippen LogP contribution in [0, 0.1) is 35.0 Å². The molecule has 1 spiro atoms. The molecule has 4 aliphatic carbocycles. The highest BCUT2D eigenvalue weighted by molar-refractivity contribution is 6.02. The third-order valence-electron chi connectivity index (χ3n) is 11.0. The maximum absolute atomic E-state index is 14.2. The number of carbonyl (C=O) groups excluding carboxylic acids is 1. The lowest BCUT2D eigenvalue weighted by atomic mass is 9.56. The van der Waals surface area contributed by atoms with Gasteiger partial charge in [0.25, 0.3) is 0 Å². The topological polar surface area (TPSA) is 49.8 Å². The summed E-state index contributed by atoms with van der Waals surface area (Å²) in [5.74, 6) is 2.44. The molecular formula is C28H41NO3. The van der Waals surface area contributed by atoms with Crippen molar-refractivity contribution in [3.05, 3.63) is 22.8 Å². The average molecular weight is 440 g/mol. The standard InChI is InChI=1S/C28H41NO3/c1-15-12-22-25(29(5)14-15)17(3)28(32-22)11-9-20-21-7-6-18-13-19(30)8-10-27(18,4)24(21)26(31)23(20)16(28)2/h6,15,17,19-22,24-25,30H,7-14H2,1-5H3/t15-,17+,19-,20-,21-,22+,24+,25-,27-,28-/m0/s1. The fourth-order valence-corrected chi connectivity index (χ4v) is 9.53. The van der Waals surface area contributed by atoms with Crippen molar-refractivity contribution in [2.75, 3.05) is 13.6 Å². The first-order valence-corrected chi connectivity index (χ1v) is 13.2. The van der Waals surface area contributed by atoms with Gasteiger partial charge in [-0.15, -0.1) is 0 Å². The van der Waals surface area contributed by atoms with Crippen LogP contribution in [0.3, 0.4) is 0 Å². The van der Waals surface area contributed by atoms with Crippen LogP contribution in [0.1, 0.15) is 72.6 Å². The van der Waals surface area contributed by atoms with Crippen LogP contribution in [0.4, 0.5) is 0 Å². The predicted molar refractivity (Wildman–Crippen MR) is 125 cm³/mol. The summed E-state index contributed by atoms with van der Waals surface area (Å²) in [7, 11) is 2.27. The van der Waals surface area contributed by atoms with E-state index in [1.165, 1.54) is 11.1 Å². The van der Waals surface area contributed by atoms with E-state index < -0.39 is 0 Å². The van der Waals surface area contributed by atoms with Crippen LogP contribution in [0.5, 0.6) is 0 Å². The zero-order chi connectivity index (χ0) is 22.6. The highest BCUT2D eigenvalue weighted by atomic mass is 16.5. The van der Waals surface area contributed by atoms with Crippen molar-refractivity contribution in [1.82, 2.24) is 4.90 Å². The van der Waals surface area contributed by atoms with E-state index in [0.717, 1.165) is 57.1 Å². The highest BCUT2D eigenvalue weighted by Crippen LogP contribution is 2.64. The lowest BCUT2D eigenvalue weighted by Gasteiger charge is -2.48. The minimum atomic E-state index is -0.261. The zero-order valence-electron chi connectivity index (χ0n) is 20.6. The fraction of sp³-hybridized carbons (Fsp3) is 0.821. The van der Waals surface area contributed by atoms with Gasteiger partial charge < -0.3 is 14.7 Å². The molecule has 2 heterocycles. The Labute approximate surface area is 193 Å². The number of ether oxygens (including phenoxy) is 1. The summed E-state index contributed by atoms with van der Waals surface area (Å²) >= 11 is 0. The van der Waals surface area contributed by atoms with Gasteiger partial charge in [0, 0.05) is 30.0 Å². The molecule has 0 bridgehead atoms. The van der Waals surface area contributed by atoms with Crippen LogP contribution in [0.2, 0.25) is 0 Å². The van der Waals surface area contributed by atoms with Crippen LogP contribution in [-0.2, 0) is 9.53 Å². The number of aliphatic hydroxyl groups is 1. The molecular weight excluding hydrogens is 398 g/mol. The number of nitrogens with zero attached hydrogens (tertiary/aromatic N) is 1. The monoisotopic (exact) mass is 439 g/mol. The summed E-state index contributed by atoms with van der Waals surface area (Å²) in [5, 5.41) is 10.3. The summed E-state index contributed by atoms with van der Waals surface area (Å²) in [6.45, 7) is 10.4. The molecule has 2 saturated carbocycles. The Morgan fingerprint density at radius 2 is 2.00 bits per heavy atom. The Kier molecular flexibility index (Phi) is 4.73. The maximum atomic E-state index is 14.2. The van der Waals surface area contributed by atoms with Gasteiger partial charge in [-0.3, -0.25) is 4.79 Å². The Balaban J connectivity index is 1.39. The maximum Gasteiger partial charge on any atom is 0.163 e. The van der Waals surface area contributed by atoms with E-state index in [0.29, 0.717) is 35.5 Å². The van der Waals surface area contributed by atoms with Crippen molar-refractivity contribution in [3.63, 3.8) is 0 Å². The van der Waals surface area contributed by atoms with Gasteiger partial charge in [0.05, 0.1) is 17.8 Å². The number of likely N-dealkylation sites (N-methyl/N-ethyl adjacent to an activating group) is 1. The number of carbonyl (C=O) groups is 1. The van der Waals surface area contributed by atoms with Crippen LogP contribution < -0.4 is 0 Å². The van der Waals surface area contributed by atoms with E-state index in [1.54, 1.807) is 0 Å². The van der Waals surface area contributed by atoms with Gasteiger partial charge in [0.1, 0.15) is 0 Å². The average Bonchev–Trinajstić information content (AvgIpc) is 3.18. The van der Waals surface area contributed by atoms with Gasteiger partial charge >= 0.3 is 0 Å². The Morgan fingerprint density at radius 1 is 1.22 bits per heavy atom.